The van der Waals surface area contributed by atoms with Crippen molar-refractivity contribution in [1.29, 1.82) is 0 Å². The number of nitrogens with zero attached hydrogens (tertiary/aromatic N) is 2. The third kappa shape index (κ3) is 10.9. The van der Waals surface area contributed by atoms with Crippen molar-refractivity contribution in [3.63, 3.8) is 0 Å². The molecule has 0 aliphatic rings. The number of aromatic nitrogens is 3. The molecule has 1 unspecified atom stereocenters. The highest BCUT2D eigenvalue weighted by Crippen LogP contribution is 2.19. The molecule has 16 nitrogen and oxygen atoms in total. The second-order valence-electron chi connectivity index (χ2n) is 11.8. The number of rotatable bonds is 18. The van der Waals surface area contributed by atoms with Gasteiger partial charge in [0.2, 0.25) is 29.5 Å². The average Bonchev–Trinajstić information content (AvgIpc) is 3.75. The van der Waals surface area contributed by atoms with E-state index in [2.05, 4.69) is 41.2 Å². The summed E-state index contributed by atoms with van der Waals surface area (Å²) in [6, 6.07) is 12.1. The Morgan fingerprint density at radius 3 is 2.06 bits per heavy atom. The van der Waals surface area contributed by atoms with Crippen molar-refractivity contribution < 1.29 is 24.0 Å². The van der Waals surface area contributed by atoms with E-state index in [-0.39, 0.29) is 38.2 Å². The van der Waals surface area contributed by atoms with Gasteiger partial charge in [-0.2, -0.15) is 0 Å². The van der Waals surface area contributed by atoms with Gasteiger partial charge in [0.25, 0.3) is 0 Å². The molecule has 0 spiro atoms. The lowest BCUT2D eigenvalue weighted by Crippen LogP contribution is -2.59. The fourth-order valence-electron chi connectivity index (χ4n) is 5.46. The zero-order chi connectivity index (χ0) is 36.0. The first-order chi connectivity index (χ1) is 24.0. The molecule has 12 N–H and O–H groups in total. The molecule has 0 saturated heterocycles. The molecular weight excluding hydrogens is 642 g/mol. The minimum atomic E-state index is -1.16. The number of hydrogen-bond acceptors (Lipinski definition) is 7. The smallest absolute Gasteiger partial charge is 0.243 e. The first kappa shape index (κ1) is 36.6. The largest absolute Gasteiger partial charge is 0.370 e. The number of carbonyl (C=O) groups excluding carboxylic acids is 5. The number of nitrogens with one attached hydrogen (secondary N) is 6. The van der Waals surface area contributed by atoms with Crippen LogP contribution in [0.25, 0.3) is 10.9 Å². The monoisotopic (exact) mass is 685 g/mol. The van der Waals surface area contributed by atoms with E-state index in [9.17, 15) is 24.0 Å². The van der Waals surface area contributed by atoms with Gasteiger partial charge in [0.15, 0.2) is 5.96 Å². The van der Waals surface area contributed by atoms with Crippen molar-refractivity contribution >= 4 is 46.4 Å². The van der Waals surface area contributed by atoms with Crippen LogP contribution in [0.15, 0.2) is 78.3 Å². The molecular formula is C34H43N11O5. The molecule has 4 rings (SSSR count). The number of carbonyl (C=O) groups is 5. The number of hydrogen-bond donors (Lipinski definition) is 9. The third-order valence-corrected chi connectivity index (χ3v) is 7.93. The first-order valence-corrected chi connectivity index (χ1v) is 16.1. The van der Waals surface area contributed by atoms with Crippen molar-refractivity contribution in [3.8, 4) is 0 Å². The Hall–Kier alpha value is -6.19. The van der Waals surface area contributed by atoms with E-state index in [0.717, 1.165) is 22.0 Å². The van der Waals surface area contributed by atoms with E-state index >= 15 is 0 Å². The highest BCUT2D eigenvalue weighted by atomic mass is 16.2. The summed E-state index contributed by atoms with van der Waals surface area (Å²) in [4.78, 5) is 79.7. The van der Waals surface area contributed by atoms with Gasteiger partial charge in [-0.1, -0.05) is 48.5 Å². The van der Waals surface area contributed by atoms with Crippen LogP contribution >= 0.6 is 0 Å². The second kappa shape index (κ2) is 17.8. The van der Waals surface area contributed by atoms with E-state index in [1.165, 1.54) is 19.4 Å². The minimum Gasteiger partial charge on any atom is -0.370 e. The van der Waals surface area contributed by atoms with Gasteiger partial charge in [-0.15, -0.1) is 0 Å². The van der Waals surface area contributed by atoms with E-state index in [0.29, 0.717) is 12.1 Å². The van der Waals surface area contributed by atoms with Crippen molar-refractivity contribution in [1.82, 2.24) is 36.2 Å². The Kier molecular flexibility index (Phi) is 13.1. The summed E-state index contributed by atoms with van der Waals surface area (Å²) in [5, 5.41) is 11.7. The summed E-state index contributed by atoms with van der Waals surface area (Å²) < 4.78 is 0. The lowest BCUT2D eigenvalue weighted by molar-refractivity contribution is -0.134. The number of para-hydroxylation sites is 1. The molecule has 0 radical (unpaired) electrons. The Morgan fingerprint density at radius 2 is 1.40 bits per heavy atom. The topological polar surface area (TPSA) is 268 Å². The fourth-order valence-corrected chi connectivity index (χ4v) is 5.46. The van der Waals surface area contributed by atoms with Gasteiger partial charge in [0.05, 0.1) is 6.33 Å². The van der Waals surface area contributed by atoms with Gasteiger partial charge >= 0.3 is 0 Å². The minimum absolute atomic E-state index is 0.0715. The van der Waals surface area contributed by atoms with Crippen LogP contribution in [0.2, 0.25) is 0 Å². The summed E-state index contributed by atoms with van der Waals surface area (Å²) in [5.41, 5.74) is 19.6. The predicted octanol–water partition coefficient (Wildman–Crippen LogP) is -0.583. The molecule has 0 aliphatic carbocycles. The molecule has 50 heavy (non-hydrogen) atoms. The highest BCUT2D eigenvalue weighted by molar-refractivity contribution is 5.96. The molecule has 264 valence electrons. The summed E-state index contributed by atoms with van der Waals surface area (Å²) in [7, 11) is 0. The second-order valence-corrected chi connectivity index (χ2v) is 11.8. The summed E-state index contributed by atoms with van der Waals surface area (Å²) in [5.74, 6) is -3.27. The number of aliphatic imine (C=N–C) groups is 1. The number of H-pyrrole nitrogens is 2. The van der Waals surface area contributed by atoms with Crippen LogP contribution in [0.1, 0.15) is 36.6 Å². The maximum Gasteiger partial charge on any atom is 0.243 e. The molecule has 0 bridgehead atoms. The summed E-state index contributed by atoms with van der Waals surface area (Å²) >= 11 is 0. The number of primary amides is 1. The van der Waals surface area contributed by atoms with Crippen molar-refractivity contribution in [2.24, 2.45) is 22.2 Å². The maximum absolute atomic E-state index is 14.0. The maximum atomic E-state index is 14.0. The number of imidazole rings is 1. The van der Waals surface area contributed by atoms with E-state index in [1.54, 1.807) is 30.5 Å². The van der Waals surface area contributed by atoms with Crippen molar-refractivity contribution in [3.05, 3.63) is 90.1 Å². The Morgan fingerprint density at radius 1 is 0.760 bits per heavy atom. The van der Waals surface area contributed by atoms with Crippen LogP contribution in [0.4, 0.5) is 0 Å². The van der Waals surface area contributed by atoms with Crippen LogP contribution in [0.5, 0.6) is 0 Å². The number of guanidine groups is 1. The molecule has 5 amide bonds. The first-order valence-electron chi connectivity index (χ1n) is 16.1. The Labute approximate surface area is 288 Å². The summed E-state index contributed by atoms with van der Waals surface area (Å²) in [6.07, 6.45) is 5.38. The van der Waals surface area contributed by atoms with Gasteiger partial charge in [0.1, 0.15) is 24.2 Å². The summed E-state index contributed by atoms with van der Waals surface area (Å²) in [6.45, 7) is 1.46. The van der Waals surface area contributed by atoms with E-state index in [4.69, 9.17) is 17.2 Å². The molecule has 4 atom stereocenters. The normalized spacial score (nSPS) is 13.3. The van der Waals surface area contributed by atoms with Crippen molar-refractivity contribution in [2.45, 2.75) is 63.2 Å². The number of nitrogens with two attached hydrogens (primary N) is 3. The predicted molar refractivity (Wildman–Crippen MR) is 187 cm³/mol. The molecule has 2 aromatic carbocycles. The van der Waals surface area contributed by atoms with E-state index in [1.807, 2.05) is 30.3 Å². The van der Waals surface area contributed by atoms with Crippen molar-refractivity contribution in [2.75, 3.05) is 6.54 Å². The Balaban J connectivity index is 1.55. The molecule has 0 aliphatic heterocycles. The van der Waals surface area contributed by atoms with Crippen LogP contribution < -0.4 is 38.5 Å². The Bertz CT molecular complexity index is 1790. The quantitative estimate of drug-likeness (QED) is 0.0370. The molecule has 0 saturated carbocycles. The van der Waals surface area contributed by atoms with Crippen LogP contribution in [-0.2, 0) is 43.2 Å². The van der Waals surface area contributed by atoms with Gasteiger partial charge in [-0.05, 0) is 30.0 Å². The zero-order valence-corrected chi connectivity index (χ0v) is 27.6. The standard InChI is InChI=1S/C34H43N11O5/c1-20(46)42-29(16-23-18-38-19-41-23)33(50)45-28(14-21-8-3-2-4-9-21)32(49)43-26(12-7-13-39-34(36)37)31(48)44-27(30(35)47)15-22-17-40-25-11-6-5-10-24(22)25/h2-6,8-11,17-19,26-29,40H,7,12-16H2,1H3,(H2,35,47)(H,38,41)(H,42,46)(H,43,49)(H,44,48)(H,45,50)(H4,36,37,39)/t26-,27?,28-,29-/m0/s1. The average molecular weight is 686 g/mol. The van der Waals surface area contributed by atoms with Gasteiger partial charge in [-0.3, -0.25) is 29.0 Å². The number of benzene rings is 2. The SMILES string of the molecule is CC(=O)N[C@@H](Cc1cnc[nH]1)C(=O)N[C@@H](Cc1ccccc1)C(=O)N[C@@H](CCCN=C(N)N)C(=O)NC(Cc1c[nH]c2ccccc12)C(N)=O. The fraction of sp³-hybridized carbons (Fsp3) is 0.324. The number of amides is 5. The lowest BCUT2D eigenvalue weighted by Gasteiger charge is -2.26. The molecule has 2 heterocycles. The molecule has 4 aromatic rings. The number of aromatic amines is 2. The molecule has 16 heteroatoms. The van der Waals surface area contributed by atoms with Gasteiger partial charge < -0.3 is 48.4 Å². The molecule has 0 fully saturated rings. The zero-order valence-electron chi connectivity index (χ0n) is 27.6. The third-order valence-electron chi connectivity index (χ3n) is 7.93. The van der Waals surface area contributed by atoms with Gasteiger partial charge in [-0.25, -0.2) is 4.98 Å². The van der Waals surface area contributed by atoms with Crippen LogP contribution in [0.3, 0.4) is 0 Å². The van der Waals surface area contributed by atoms with Crippen LogP contribution in [0, 0.1) is 0 Å². The molecule has 2 aromatic heterocycles. The number of fused-ring (bicyclic) bond motifs is 1. The lowest BCUT2D eigenvalue weighted by atomic mass is 10.0. The van der Waals surface area contributed by atoms with E-state index < -0.39 is 53.7 Å². The van der Waals surface area contributed by atoms with Gasteiger partial charge in [0, 0.05) is 61.7 Å². The van der Waals surface area contributed by atoms with Crippen LogP contribution in [-0.4, -0.2) is 81.2 Å². The highest BCUT2D eigenvalue weighted by Gasteiger charge is 2.31.